The van der Waals surface area contributed by atoms with Crippen LogP contribution in [0.4, 0.5) is 39.1 Å². The highest BCUT2D eigenvalue weighted by Gasteiger charge is 2.55. The van der Waals surface area contributed by atoms with E-state index >= 15 is 0 Å². The van der Waals surface area contributed by atoms with Crippen LogP contribution in [0, 0.1) is 5.92 Å². The van der Waals surface area contributed by atoms with Gasteiger partial charge in [-0.2, -0.15) is 13.2 Å². The summed E-state index contributed by atoms with van der Waals surface area (Å²) >= 11 is 1.47. The minimum absolute atomic E-state index is 0.0319. The monoisotopic (exact) mass is 557 g/mol. The zero-order valence-corrected chi connectivity index (χ0v) is 21.3. The van der Waals surface area contributed by atoms with Crippen LogP contribution in [0.1, 0.15) is 43.0 Å². The van der Waals surface area contributed by atoms with E-state index < -0.39 is 36.6 Å². The molecule has 0 aliphatic heterocycles. The molecule has 1 aliphatic rings. The fraction of sp³-hybridized carbons (Fsp3) is 0.480. The average Bonchev–Trinajstić information content (AvgIpc) is 3.50. The second-order valence-electron chi connectivity index (χ2n) is 9.52. The molecule has 0 bridgehead atoms. The second-order valence-corrected chi connectivity index (χ2v) is 10.4. The summed E-state index contributed by atoms with van der Waals surface area (Å²) in [5, 5.41) is 17.8. The summed E-state index contributed by atoms with van der Waals surface area (Å²) in [6.45, 7) is -0.412. The van der Waals surface area contributed by atoms with Gasteiger partial charge in [-0.3, -0.25) is 4.79 Å². The fourth-order valence-electron chi connectivity index (χ4n) is 4.29. The number of carbonyl (C=O) groups is 1. The minimum atomic E-state index is -5.21. The lowest BCUT2D eigenvalue weighted by Crippen LogP contribution is -2.54. The maximum Gasteiger partial charge on any atom is 0.419 e. The number of hydrogen-bond donors (Lipinski definition) is 4. The van der Waals surface area contributed by atoms with Gasteiger partial charge in [-0.25, -0.2) is 18.7 Å². The summed E-state index contributed by atoms with van der Waals surface area (Å²) in [6, 6.07) is 7.09. The Morgan fingerprint density at radius 2 is 2.03 bits per heavy atom. The molecule has 206 valence electrons. The molecule has 4 N–H and O–H groups in total. The number of nitrogens with zero attached hydrogens (tertiary/aromatic N) is 2. The summed E-state index contributed by atoms with van der Waals surface area (Å²) in [6.07, 6.45) is -5.02. The zero-order valence-electron chi connectivity index (χ0n) is 20.5. The summed E-state index contributed by atoms with van der Waals surface area (Å²) < 4.78 is 67.9. The molecule has 7 nitrogen and oxygen atoms in total. The third kappa shape index (κ3) is 6.32. The first kappa shape index (κ1) is 28.0. The quantitative estimate of drug-likeness (QED) is 0.237. The molecule has 1 amide bonds. The van der Waals surface area contributed by atoms with E-state index in [1.807, 2.05) is 18.2 Å². The summed E-state index contributed by atoms with van der Waals surface area (Å²) in [5.41, 5.74) is -0.0722. The smallest absolute Gasteiger partial charge is 0.384 e. The lowest BCUT2D eigenvalue weighted by molar-refractivity contribution is -0.272. The van der Waals surface area contributed by atoms with Crippen LogP contribution in [-0.4, -0.2) is 58.2 Å². The molecule has 1 saturated carbocycles. The number of nitrogens with one attached hydrogen (secondary N) is 3. The van der Waals surface area contributed by atoms with E-state index in [2.05, 4.69) is 25.9 Å². The Kier molecular flexibility index (Phi) is 8.36. The number of aromatic nitrogens is 2. The van der Waals surface area contributed by atoms with Gasteiger partial charge in [-0.15, -0.1) is 11.3 Å². The highest BCUT2D eigenvalue weighted by Crippen LogP contribution is 2.34. The van der Waals surface area contributed by atoms with E-state index in [1.165, 1.54) is 17.5 Å². The van der Waals surface area contributed by atoms with E-state index in [4.69, 9.17) is 0 Å². The molecule has 4 rings (SSSR count). The van der Waals surface area contributed by atoms with Crippen molar-refractivity contribution in [2.45, 2.75) is 56.7 Å². The molecule has 0 radical (unpaired) electrons. The molecule has 1 aromatic carbocycles. The summed E-state index contributed by atoms with van der Waals surface area (Å²) in [7, 11) is 0. The van der Waals surface area contributed by atoms with Gasteiger partial charge in [0.2, 0.25) is 0 Å². The molecule has 0 saturated heterocycles. The van der Waals surface area contributed by atoms with E-state index in [9.17, 15) is 31.9 Å². The number of carbonyl (C=O) groups excluding carboxylic acids is 1. The number of thiazole rings is 1. The van der Waals surface area contributed by atoms with Crippen molar-refractivity contribution in [3.8, 4) is 0 Å². The van der Waals surface area contributed by atoms with Gasteiger partial charge >= 0.3 is 6.18 Å². The number of anilines is 3. The topological polar surface area (TPSA) is 99.2 Å². The van der Waals surface area contributed by atoms with Gasteiger partial charge in [0, 0.05) is 24.5 Å². The largest absolute Gasteiger partial charge is 0.419 e. The maximum atomic E-state index is 14.2. The highest BCUT2D eigenvalue weighted by atomic mass is 32.1. The van der Waals surface area contributed by atoms with Crippen molar-refractivity contribution in [3.63, 3.8) is 0 Å². The Labute approximate surface area is 219 Å². The third-order valence-corrected chi connectivity index (χ3v) is 7.57. The predicted octanol–water partition coefficient (Wildman–Crippen LogP) is 5.76. The Morgan fingerprint density at radius 1 is 1.24 bits per heavy atom. The Bertz CT molecular complexity index is 1270. The van der Waals surface area contributed by atoms with Crippen molar-refractivity contribution in [2.24, 2.45) is 5.92 Å². The lowest BCUT2D eigenvalue weighted by atomic mass is 9.99. The highest BCUT2D eigenvalue weighted by molar-refractivity contribution is 7.16. The number of fused-ring (bicyclic) bond motifs is 1. The van der Waals surface area contributed by atoms with Crippen LogP contribution in [0.25, 0.3) is 10.2 Å². The molecular weight excluding hydrogens is 529 g/mol. The number of pyridine rings is 1. The van der Waals surface area contributed by atoms with Crippen molar-refractivity contribution >= 4 is 44.7 Å². The molecule has 1 fully saturated rings. The first-order valence-electron chi connectivity index (χ1n) is 12.2. The van der Waals surface area contributed by atoms with Gasteiger partial charge in [0.05, 0.1) is 33.5 Å². The normalized spacial score (nSPS) is 20.2. The standard InChI is InChI=1S/C25H28F5N5O2S/c1-24(37,25(28,29)30)21(27)12-33-23(36)16-11-32-22(35-15-5-6-18-20(9-15)38-13-34-18)10-19(16)31-8-7-14-3-2-4-17(14)26/h5-6,9-11,13-14,17,21,37H,2-4,7-8,12H2,1H3,(H,33,36)(H2,31,32,35)/t14-,17?,21+,24?/m0/s1. The fourth-order valence-corrected chi connectivity index (χ4v) is 5.01. The van der Waals surface area contributed by atoms with Crippen LogP contribution in [0.2, 0.25) is 0 Å². The molecule has 13 heteroatoms. The first-order valence-corrected chi connectivity index (χ1v) is 13.0. The van der Waals surface area contributed by atoms with Crippen molar-refractivity contribution < 1.29 is 31.9 Å². The van der Waals surface area contributed by atoms with Gasteiger partial charge in [0.15, 0.2) is 11.8 Å². The average molecular weight is 558 g/mol. The van der Waals surface area contributed by atoms with Crippen molar-refractivity contribution in [1.29, 1.82) is 0 Å². The SMILES string of the molecule is CC(O)([C@H](F)CNC(=O)c1cnc(Nc2ccc3ncsc3c2)cc1NCC[C@@H]1CCCC1F)C(F)(F)F. The number of amides is 1. The molecular formula is C25H28F5N5O2S. The molecule has 38 heavy (non-hydrogen) atoms. The number of alkyl halides is 5. The number of hydrogen-bond acceptors (Lipinski definition) is 7. The molecule has 2 unspecified atom stereocenters. The maximum absolute atomic E-state index is 14.2. The molecule has 1 aliphatic carbocycles. The summed E-state index contributed by atoms with van der Waals surface area (Å²) in [5.74, 6) is -0.592. The van der Waals surface area contributed by atoms with E-state index in [0.29, 0.717) is 37.8 Å². The number of halogens is 5. The molecule has 0 spiro atoms. The molecule has 4 atom stereocenters. The Balaban J connectivity index is 1.49. The van der Waals surface area contributed by atoms with Crippen LogP contribution >= 0.6 is 11.3 Å². The van der Waals surface area contributed by atoms with Crippen LogP contribution in [-0.2, 0) is 0 Å². The Morgan fingerprint density at radius 3 is 2.74 bits per heavy atom. The van der Waals surface area contributed by atoms with Crippen LogP contribution in [0.5, 0.6) is 0 Å². The predicted molar refractivity (Wildman–Crippen MR) is 136 cm³/mol. The van der Waals surface area contributed by atoms with E-state index in [-0.39, 0.29) is 11.5 Å². The summed E-state index contributed by atoms with van der Waals surface area (Å²) in [4.78, 5) is 21.3. The third-order valence-electron chi connectivity index (χ3n) is 6.77. The van der Waals surface area contributed by atoms with Gasteiger partial charge in [-0.05, 0) is 50.3 Å². The van der Waals surface area contributed by atoms with Crippen molar-refractivity contribution in [1.82, 2.24) is 15.3 Å². The van der Waals surface area contributed by atoms with Gasteiger partial charge in [0.1, 0.15) is 12.0 Å². The van der Waals surface area contributed by atoms with Gasteiger partial charge in [-0.1, -0.05) is 6.42 Å². The minimum Gasteiger partial charge on any atom is -0.384 e. The molecule has 2 aromatic heterocycles. The van der Waals surface area contributed by atoms with E-state index in [0.717, 1.165) is 28.7 Å². The number of benzene rings is 1. The van der Waals surface area contributed by atoms with Crippen molar-refractivity contribution in [2.75, 3.05) is 23.7 Å². The molecule has 3 aromatic rings. The van der Waals surface area contributed by atoms with Crippen molar-refractivity contribution in [3.05, 3.63) is 41.5 Å². The van der Waals surface area contributed by atoms with E-state index in [1.54, 1.807) is 11.6 Å². The molecule has 2 heterocycles. The lowest BCUT2D eigenvalue weighted by Gasteiger charge is -2.29. The number of aliphatic hydroxyl groups is 1. The second kappa shape index (κ2) is 11.4. The van der Waals surface area contributed by atoms with Crippen LogP contribution in [0.15, 0.2) is 36.0 Å². The van der Waals surface area contributed by atoms with Crippen LogP contribution in [0.3, 0.4) is 0 Å². The Hall–Kier alpha value is -3.06. The van der Waals surface area contributed by atoms with Gasteiger partial charge < -0.3 is 21.1 Å². The van der Waals surface area contributed by atoms with Gasteiger partial charge in [0.25, 0.3) is 5.91 Å². The zero-order chi connectivity index (χ0) is 27.5. The number of rotatable bonds is 10. The van der Waals surface area contributed by atoms with Crippen LogP contribution < -0.4 is 16.0 Å². The first-order chi connectivity index (χ1) is 18.0.